The van der Waals surface area contributed by atoms with E-state index in [4.69, 9.17) is 14.6 Å². The third-order valence-corrected chi connectivity index (χ3v) is 3.17. The molecule has 22 heavy (non-hydrogen) atoms. The van der Waals surface area contributed by atoms with Gasteiger partial charge in [0, 0.05) is 11.8 Å². The van der Waals surface area contributed by atoms with Crippen LogP contribution in [0.3, 0.4) is 0 Å². The standard InChI is InChI=1S/C9H8O2.C9H12O2/c1-6-5-7-3-2-4-8(10)9(7)11-6;10-7-9(11)6-8-4-2-1-3-5-8/h2-5,10H,1H3;1-5,9-11H,6-7H2. The van der Waals surface area contributed by atoms with Gasteiger partial charge in [-0.25, -0.2) is 0 Å². The van der Waals surface area contributed by atoms with Gasteiger partial charge in [-0.1, -0.05) is 42.5 Å². The average molecular weight is 300 g/mol. The van der Waals surface area contributed by atoms with E-state index in [-0.39, 0.29) is 12.4 Å². The Labute approximate surface area is 129 Å². The number of benzene rings is 2. The molecule has 0 aliphatic rings. The second-order valence-electron chi connectivity index (χ2n) is 5.08. The topological polar surface area (TPSA) is 73.8 Å². The molecule has 3 rings (SSSR count). The molecule has 1 unspecified atom stereocenters. The Balaban J connectivity index is 0.000000160. The van der Waals surface area contributed by atoms with Crippen LogP contribution in [-0.2, 0) is 6.42 Å². The van der Waals surface area contributed by atoms with Gasteiger partial charge in [-0.05, 0) is 24.6 Å². The normalized spacial score (nSPS) is 11.8. The average Bonchev–Trinajstić information content (AvgIpc) is 2.91. The van der Waals surface area contributed by atoms with Crippen LogP contribution >= 0.6 is 0 Å². The molecule has 1 aromatic heterocycles. The molecule has 116 valence electrons. The molecule has 1 heterocycles. The maximum atomic E-state index is 9.29. The van der Waals surface area contributed by atoms with Gasteiger partial charge in [-0.3, -0.25) is 0 Å². The number of fused-ring (bicyclic) bond motifs is 1. The zero-order chi connectivity index (χ0) is 15.9. The quantitative estimate of drug-likeness (QED) is 0.695. The summed E-state index contributed by atoms with van der Waals surface area (Å²) in [5, 5.41) is 27.8. The molecule has 0 fully saturated rings. The lowest BCUT2D eigenvalue weighted by Crippen LogP contribution is -2.14. The van der Waals surface area contributed by atoms with Crippen molar-refractivity contribution < 1.29 is 19.7 Å². The molecule has 0 saturated heterocycles. The molecule has 0 radical (unpaired) electrons. The second kappa shape index (κ2) is 7.64. The van der Waals surface area contributed by atoms with E-state index in [9.17, 15) is 5.11 Å². The molecule has 0 spiro atoms. The Kier molecular flexibility index (Phi) is 5.58. The summed E-state index contributed by atoms with van der Waals surface area (Å²) in [5.74, 6) is 1.03. The molecule has 4 heteroatoms. The summed E-state index contributed by atoms with van der Waals surface area (Å²) in [6.07, 6.45) is -0.102. The number of hydrogen-bond donors (Lipinski definition) is 3. The van der Waals surface area contributed by atoms with E-state index < -0.39 is 6.10 Å². The van der Waals surface area contributed by atoms with Crippen molar-refractivity contribution in [3.8, 4) is 5.75 Å². The zero-order valence-electron chi connectivity index (χ0n) is 12.4. The number of aromatic hydroxyl groups is 1. The highest BCUT2D eigenvalue weighted by molar-refractivity contribution is 5.83. The number of phenols is 1. The van der Waals surface area contributed by atoms with Crippen molar-refractivity contribution in [2.24, 2.45) is 0 Å². The van der Waals surface area contributed by atoms with Crippen LogP contribution in [-0.4, -0.2) is 28.0 Å². The number of aryl methyl sites for hydroxylation is 1. The lowest BCUT2D eigenvalue weighted by Gasteiger charge is -2.05. The Morgan fingerprint density at radius 3 is 2.41 bits per heavy atom. The Hall–Kier alpha value is -2.30. The van der Waals surface area contributed by atoms with E-state index in [0.717, 1.165) is 16.7 Å². The van der Waals surface area contributed by atoms with E-state index in [1.165, 1.54) is 0 Å². The van der Waals surface area contributed by atoms with Crippen LogP contribution in [0.25, 0.3) is 11.0 Å². The number of para-hydroxylation sites is 1. The minimum atomic E-state index is -0.627. The third-order valence-electron chi connectivity index (χ3n) is 3.17. The lowest BCUT2D eigenvalue weighted by molar-refractivity contribution is 0.0955. The number of phenolic OH excluding ortho intramolecular Hbond substituents is 1. The van der Waals surface area contributed by atoms with Crippen molar-refractivity contribution in [2.45, 2.75) is 19.4 Å². The van der Waals surface area contributed by atoms with Crippen LogP contribution in [0.2, 0.25) is 0 Å². The van der Waals surface area contributed by atoms with E-state index >= 15 is 0 Å². The van der Waals surface area contributed by atoms with Gasteiger partial charge in [0.2, 0.25) is 0 Å². The minimum absolute atomic E-state index is 0.172. The summed E-state index contributed by atoms with van der Waals surface area (Å²) in [4.78, 5) is 0. The van der Waals surface area contributed by atoms with Gasteiger partial charge in [-0.2, -0.15) is 0 Å². The van der Waals surface area contributed by atoms with Crippen molar-refractivity contribution >= 4 is 11.0 Å². The van der Waals surface area contributed by atoms with Crippen LogP contribution in [0, 0.1) is 6.92 Å². The first-order chi connectivity index (χ1) is 10.6. The fraction of sp³-hybridized carbons (Fsp3) is 0.222. The maximum Gasteiger partial charge on any atom is 0.175 e. The van der Waals surface area contributed by atoms with Gasteiger partial charge < -0.3 is 19.7 Å². The highest BCUT2D eigenvalue weighted by atomic mass is 16.4. The minimum Gasteiger partial charge on any atom is -0.504 e. The van der Waals surface area contributed by atoms with E-state index in [1.807, 2.05) is 49.4 Å². The molecule has 4 nitrogen and oxygen atoms in total. The van der Waals surface area contributed by atoms with Crippen LogP contribution in [0.4, 0.5) is 0 Å². The molecular weight excluding hydrogens is 280 g/mol. The number of hydrogen-bond acceptors (Lipinski definition) is 4. The van der Waals surface area contributed by atoms with E-state index in [1.54, 1.807) is 12.1 Å². The van der Waals surface area contributed by atoms with Crippen molar-refractivity contribution in [3.63, 3.8) is 0 Å². The Morgan fingerprint density at radius 1 is 1.05 bits per heavy atom. The van der Waals surface area contributed by atoms with E-state index in [2.05, 4.69) is 0 Å². The van der Waals surface area contributed by atoms with Gasteiger partial charge >= 0.3 is 0 Å². The predicted octanol–water partition coefficient (Wildman–Crippen LogP) is 3.03. The first-order valence-corrected chi connectivity index (χ1v) is 7.11. The third kappa shape index (κ3) is 4.35. The summed E-state index contributed by atoms with van der Waals surface area (Å²) in [5.41, 5.74) is 1.62. The van der Waals surface area contributed by atoms with Gasteiger partial charge in [0.25, 0.3) is 0 Å². The molecule has 0 aliphatic carbocycles. The molecule has 1 atom stereocenters. The lowest BCUT2D eigenvalue weighted by atomic mass is 10.1. The number of furan rings is 1. The van der Waals surface area contributed by atoms with Crippen LogP contribution in [0.1, 0.15) is 11.3 Å². The second-order valence-corrected chi connectivity index (χ2v) is 5.08. The summed E-state index contributed by atoms with van der Waals surface area (Å²) in [7, 11) is 0. The van der Waals surface area contributed by atoms with Gasteiger partial charge in [0.15, 0.2) is 11.3 Å². The van der Waals surface area contributed by atoms with Crippen molar-refractivity contribution in [3.05, 3.63) is 65.9 Å². The number of aliphatic hydroxyl groups excluding tert-OH is 2. The fourth-order valence-electron chi connectivity index (χ4n) is 2.13. The van der Waals surface area contributed by atoms with Gasteiger partial charge in [-0.15, -0.1) is 0 Å². The van der Waals surface area contributed by atoms with Crippen LogP contribution < -0.4 is 0 Å². The molecule has 3 aromatic rings. The van der Waals surface area contributed by atoms with Crippen LogP contribution in [0.15, 0.2) is 59.0 Å². The predicted molar refractivity (Wildman–Crippen MR) is 85.9 cm³/mol. The molecule has 3 N–H and O–H groups in total. The van der Waals surface area contributed by atoms with Gasteiger partial charge in [0.05, 0.1) is 12.7 Å². The molecular formula is C18H20O4. The Morgan fingerprint density at radius 2 is 1.77 bits per heavy atom. The maximum absolute atomic E-state index is 9.29. The Bertz CT molecular complexity index is 703. The van der Waals surface area contributed by atoms with Crippen LogP contribution in [0.5, 0.6) is 5.75 Å². The van der Waals surface area contributed by atoms with Crippen molar-refractivity contribution in [1.29, 1.82) is 0 Å². The number of aliphatic hydroxyl groups is 2. The first-order valence-electron chi connectivity index (χ1n) is 7.11. The molecule has 0 bridgehead atoms. The van der Waals surface area contributed by atoms with Gasteiger partial charge in [0.1, 0.15) is 5.76 Å². The monoisotopic (exact) mass is 300 g/mol. The van der Waals surface area contributed by atoms with Crippen molar-refractivity contribution in [2.75, 3.05) is 6.61 Å². The molecule has 0 saturated carbocycles. The smallest absolute Gasteiger partial charge is 0.175 e. The summed E-state index contributed by atoms with van der Waals surface area (Å²) >= 11 is 0. The SMILES string of the molecule is Cc1cc2cccc(O)c2o1.OCC(O)Cc1ccccc1. The highest BCUT2D eigenvalue weighted by Gasteiger charge is 2.03. The largest absolute Gasteiger partial charge is 0.504 e. The summed E-state index contributed by atoms with van der Waals surface area (Å²) in [6, 6.07) is 16.8. The molecule has 0 aliphatic heterocycles. The zero-order valence-corrected chi connectivity index (χ0v) is 12.4. The van der Waals surface area contributed by atoms with E-state index in [0.29, 0.717) is 12.0 Å². The number of rotatable bonds is 3. The highest BCUT2D eigenvalue weighted by Crippen LogP contribution is 2.26. The molecule has 0 amide bonds. The van der Waals surface area contributed by atoms with Crippen molar-refractivity contribution in [1.82, 2.24) is 0 Å². The first kappa shape index (κ1) is 16.1. The summed E-state index contributed by atoms with van der Waals surface area (Å²) < 4.78 is 5.25. The fourth-order valence-corrected chi connectivity index (χ4v) is 2.13. The molecule has 2 aromatic carbocycles. The summed E-state index contributed by atoms with van der Waals surface area (Å²) in [6.45, 7) is 1.69.